The molecule has 3 nitrogen and oxygen atoms in total. The lowest BCUT2D eigenvalue weighted by Crippen LogP contribution is -1.98. The van der Waals surface area contributed by atoms with Gasteiger partial charge in [0.1, 0.15) is 0 Å². The first-order valence-corrected chi connectivity index (χ1v) is 8.35. The second-order valence-corrected chi connectivity index (χ2v) is 5.20. The summed E-state index contributed by atoms with van der Waals surface area (Å²) in [5.74, 6) is -0.743. The largest absolute Gasteiger partial charge is 0.481 e. The molecule has 0 aliphatic heterocycles. The predicted octanol–water partition coefficient (Wildman–Crippen LogP) is 4.96. The molecule has 23 heavy (non-hydrogen) atoms. The highest BCUT2D eigenvalue weighted by molar-refractivity contribution is 5.66. The molecule has 0 radical (unpaired) electrons. The molecule has 0 aromatic rings. The fraction of sp³-hybridized carbons (Fsp3) is 0.450. The van der Waals surface area contributed by atoms with Crippen LogP contribution in [0.1, 0.15) is 51.9 Å². The molecule has 0 aromatic heterocycles. The molecule has 0 rings (SSSR count). The van der Waals surface area contributed by atoms with Gasteiger partial charge in [-0.2, -0.15) is 0 Å². The molecule has 0 aliphatic rings. The van der Waals surface area contributed by atoms with Crippen LogP contribution in [0.3, 0.4) is 0 Å². The van der Waals surface area contributed by atoms with E-state index in [-0.39, 0.29) is 6.42 Å². The van der Waals surface area contributed by atoms with E-state index in [0.29, 0.717) is 12.8 Å². The van der Waals surface area contributed by atoms with Crippen molar-refractivity contribution >= 4 is 5.97 Å². The third kappa shape index (κ3) is 18.1. The van der Waals surface area contributed by atoms with Gasteiger partial charge in [-0.3, -0.25) is 4.79 Å². The van der Waals surface area contributed by atoms with Crippen LogP contribution in [0.25, 0.3) is 0 Å². The number of aliphatic hydroxyl groups excluding tert-OH is 1. The van der Waals surface area contributed by atoms with E-state index in [2.05, 4.69) is 25.2 Å². The molecule has 128 valence electrons. The number of carbonyl (C=O) groups is 1. The SMILES string of the molecule is CCC=CCC=CC=CC(O)CC=CCC=CCCCC(=O)O. The van der Waals surface area contributed by atoms with Crippen molar-refractivity contribution in [1.29, 1.82) is 0 Å². The second kappa shape index (κ2) is 16.5. The Morgan fingerprint density at radius 1 is 0.957 bits per heavy atom. The van der Waals surface area contributed by atoms with E-state index in [1.165, 1.54) is 0 Å². The molecule has 0 heterocycles. The average Bonchev–Trinajstić information content (AvgIpc) is 2.52. The zero-order valence-electron chi connectivity index (χ0n) is 14.1. The van der Waals surface area contributed by atoms with E-state index in [9.17, 15) is 9.90 Å². The van der Waals surface area contributed by atoms with E-state index >= 15 is 0 Å². The van der Waals surface area contributed by atoms with Gasteiger partial charge >= 0.3 is 5.97 Å². The van der Waals surface area contributed by atoms with Gasteiger partial charge in [-0.05, 0) is 38.5 Å². The monoisotopic (exact) mass is 318 g/mol. The third-order valence-corrected chi connectivity index (χ3v) is 3.00. The summed E-state index contributed by atoms with van der Waals surface area (Å²) in [7, 11) is 0. The Hall–Kier alpha value is -1.87. The zero-order valence-corrected chi connectivity index (χ0v) is 14.1. The van der Waals surface area contributed by atoms with Gasteiger partial charge in [0.05, 0.1) is 6.10 Å². The van der Waals surface area contributed by atoms with E-state index in [1.807, 2.05) is 36.5 Å². The number of aliphatic hydroxyl groups is 1. The molecule has 0 aromatic carbocycles. The summed E-state index contributed by atoms with van der Waals surface area (Å²) in [4.78, 5) is 10.3. The molecular formula is C20H30O3. The quantitative estimate of drug-likeness (QED) is 0.286. The Morgan fingerprint density at radius 2 is 1.65 bits per heavy atom. The highest BCUT2D eigenvalue weighted by Crippen LogP contribution is 2.00. The standard InChI is InChI=1S/C20H30O3/c1-2-3-4-5-7-10-13-16-19(21)17-14-11-8-6-9-12-15-18-20(22)23/h3-4,6-7,9-11,13-14,16,19,21H,2,5,8,12,15,17-18H2,1H3,(H,22,23). The van der Waals surface area contributed by atoms with Crippen molar-refractivity contribution in [2.24, 2.45) is 0 Å². The number of allylic oxidation sites excluding steroid dienone is 8. The van der Waals surface area contributed by atoms with Crippen LogP contribution in [0.2, 0.25) is 0 Å². The van der Waals surface area contributed by atoms with Gasteiger partial charge in [0, 0.05) is 6.42 Å². The molecule has 0 spiro atoms. The average molecular weight is 318 g/mol. The number of aliphatic carboxylic acids is 1. The second-order valence-electron chi connectivity index (χ2n) is 5.20. The number of rotatable bonds is 13. The summed E-state index contributed by atoms with van der Waals surface area (Å²) in [5.41, 5.74) is 0. The van der Waals surface area contributed by atoms with Crippen molar-refractivity contribution in [2.75, 3.05) is 0 Å². The van der Waals surface area contributed by atoms with Gasteiger partial charge in [-0.1, -0.05) is 67.7 Å². The van der Waals surface area contributed by atoms with E-state index in [1.54, 1.807) is 6.08 Å². The topological polar surface area (TPSA) is 57.5 Å². The van der Waals surface area contributed by atoms with E-state index in [4.69, 9.17) is 5.11 Å². The maximum Gasteiger partial charge on any atom is 0.303 e. The zero-order chi connectivity index (χ0) is 17.2. The van der Waals surface area contributed by atoms with Crippen LogP contribution < -0.4 is 0 Å². The number of carboxylic acids is 1. The summed E-state index contributed by atoms with van der Waals surface area (Å²) in [6, 6.07) is 0. The van der Waals surface area contributed by atoms with Gasteiger partial charge < -0.3 is 10.2 Å². The lowest BCUT2D eigenvalue weighted by atomic mass is 10.2. The summed E-state index contributed by atoms with van der Waals surface area (Å²) >= 11 is 0. The van der Waals surface area contributed by atoms with Crippen LogP contribution in [0.5, 0.6) is 0 Å². The van der Waals surface area contributed by atoms with Crippen molar-refractivity contribution in [3.8, 4) is 0 Å². The summed E-state index contributed by atoms with van der Waals surface area (Å²) in [6.07, 6.45) is 24.6. The van der Waals surface area contributed by atoms with Gasteiger partial charge in [-0.15, -0.1) is 0 Å². The first-order valence-electron chi connectivity index (χ1n) is 8.35. The van der Waals surface area contributed by atoms with Crippen molar-refractivity contribution in [3.63, 3.8) is 0 Å². The highest BCUT2D eigenvalue weighted by atomic mass is 16.4. The lowest BCUT2D eigenvalue weighted by molar-refractivity contribution is -0.137. The number of hydrogen-bond acceptors (Lipinski definition) is 2. The first kappa shape index (κ1) is 21.1. The molecule has 1 unspecified atom stereocenters. The molecule has 0 saturated heterocycles. The Bertz CT molecular complexity index is 428. The molecule has 0 saturated carbocycles. The van der Waals surface area contributed by atoms with Crippen molar-refractivity contribution in [3.05, 3.63) is 60.8 Å². The molecular weight excluding hydrogens is 288 g/mol. The van der Waals surface area contributed by atoms with E-state index < -0.39 is 12.1 Å². The summed E-state index contributed by atoms with van der Waals surface area (Å²) < 4.78 is 0. The van der Waals surface area contributed by atoms with Crippen molar-refractivity contribution < 1.29 is 15.0 Å². The Kier molecular flexibility index (Phi) is 15.2. The molecule has 3 heteroatoms. The molecule has 1 atom stereocenters. The normalized spacial score (nSPS) is 14.2. The fourth-order valence-corrected chi connectivity index (χ4v) is 1.77. The van der Waals surface area contributed by atoms with Crippen LogP contribution in [0.15, 0.2) is 60.8 Å². The molecule has 0 aliphatic carbocycles. The van der Waals surface area contributed by atoms with Gasteiger partial charge in [0.2, 0.25) is 0 Å². The van der Waals surface area contributed by atoms with Crippen molar-refractivity contribution in [2.45, 2.75) is 58.0 Å². The Morgan fingerprint density at radius 3 is 2.39 bits per heavy atom. The van der Waals surface area contributed by atoms with Gasteiger partial charge in [0.25, 0.3) is 0 Å². The van der Waals surface area contributed by atoms with Crippen LogP contribution in [-0.2, 0) is 4.79 Å². The first-order chi connectivity index (χ1) is 11.2. The van der Waals surface area contributed by atoms with Crippen LogP contribution >= 0.6 is 0 Å². The van der Waals surface area contributed by atoms with Crippen molar-refractivity contribution in [1.82, 2.24) is 0 Å². The minimum absolute atomic E-state index is 0.224. The van der Waals surface area contributed by atoms with Crippen LogP contribution in [-0.4, -0.2) is 22.3 Å². The molecule has 2 N–H and O–H groups in total. The maximum absolute atomic E-state index is 10.3. The summed E-state index contributed by atoms with van der Waals surface area (Å²) in [6.45, 7) is 2.11. The minimum Gasteiger partial charge on any atom is -0.481 e. The van der Waals surface area contributed by atoms with Gasteiger partial charge in [0.15, 0.2) is 0 Å². The smallest absolute Gasteiger partial charge is 0.303 e. The fourth-order valence-electron chi connectivity index (χ4n) is 1.77. The third-order valence-electron chi connectivity index (χ3n) is 3.00. The lowest BCUT2D eigenvalue weighted by Gasteiger charge is -1.98. The van der Waals surface area contributed by atoms with Crippen LogP contribution in [0, 0.1) is 0 Å². The number of carboxylic acid groups (broad SMARTS) is 1. The molecule has 0 amide bonds. The Labute approximate surface area is 140 Å². The maximum atomic E-state index is 10.3. The molecule has 0 bridgehead atoms. The van der Waals surface area contributed by atoms with E-state index in [0.717, 1.165) is 25.7 Å². The highest BCUT2D eigenvalue weighted by Gasteiger charge is 1.93. The Balaban J connectivity index is 3.67. The summed E-state index contributed by atoms with van der Waals surface area (Å²) in [5, 5.41) is 18.2. The van der Waals surface area contributed by atoms with Crippen LogP contribution in [0.4, 0.5) is 0 Å². The predicted molar refractivity (Wildman–Crippen MR) is 97.3 cm³/mol. The molecule has 0 fully saturated rings. The number of hydrogen-bond donors (Lipinski definition) is 2. The minimum atomic E-state index is -0.743. The van der Waals surface area contributed by atoms with Gasteiger partial charge in [-0.25, -0.2) is 0 Å². The number of unbranched alkanes of at least 4 members (excludes halogenated alkanes) is 1.